The first-order chi connectivity index (χ1) is 9.72. The Balaban J connectivity index is 2.25. The van der Waals surface area contributed by atoms with Gasteiger partial charge in [-0.2, -0.15) is 0 Å². The smallest absolute Gasteiger partial charge is 0.235 e. The van der Waals surface area contributed by atoms with Crippen LogP contribution in [0.3, 0.4) is 0 Å². The number of rotatable bonds is 4. The first kappa shape index (κ1) is 16.9. The number of nitrogens with zero attached hydrogens (tertiary/aromatic N) is 3. The second-order valence-electron chi connectivity index (χ2n) is 6.36. The minimum absolute atomic E-state index is 0.0273. The van der Waals surface area contributed by atoms with Gasteiger partial charge in [-0.3, -0.25) is 0 Å². The van der Waals surface area contributed by atoms with Crippen LogP contribution in [0, 0.1) is 17.8 Å². The van der Waals surface area contributed by atoms with Crippen LogP contribution in [0.5, 0.6) is 0 Å². The lowest BCUT2D eigenvalue weighted by Gasteiger charge is -2.37. The van der Waals surface area contributed by atoms with E-state index in [2.05, 4.69) is 51.7 Å². The standard InChI is InChI=1S/C13H23BrN4O2S/c1-8(2)10-6-5-9(3)7-11(10)16-21(19,20)13-12(14)15-17-18(13)4/h8-11,16H,5-7H2,1-4H3. The Labute approximate surface area is 134 Å². The van der Waals surface area contributed by atoms with Crippen LogP contribution >= 0.6 is 15.9 Å². The van der Waals surface area contributed by atoms with Crippen molar-refractivity contribution in [1.82, 2.24) is 19.7 Å². The molecule has 2 rings (SSSR count). The van der Waals surface area contributed by atoms with Gasteiger partial charge in [-0.15, -0.1) is 5.10 Å². The molecule has 0 aromatic carbocycles. The average molecular weight is 379 g/mol. The van der Waals surface area contributed by atoms with Crippen LogP contribution in [0.25, 0.3) is 0 Å². The summed E-state index contributed by atoms with van der Waals surface area (Å²) in [6.45, 7) is 6.49. The van der Waals surface area contributed by atoms with Crippen molar-refractivity contribution in [2.45, 2.75) is 51.1 Å². The summed E-state index contributed by atoms with van der Waals surface area (Å²) in [4.78, 5) is 0. The maximum Gasteiger partial charge on any atom is 0.260 e. The highest BCUT2D eigenvalue weighted by atomic mass is 79.9. The van der Waals surface area contributed by atoms with Gasteiger partial charge in [-0.25, -0.2) is 17.8 Å². The number of halogens is 1. The monoisotopic (exact) mass is 378 g/mol. The maximum absolute atomic E-state index is 12.6. The van der Waals surface area contributed by atoms with E-state index in [4.69, 9.17) is 0 Å². The van der Waals surface area contributed by atoms with E-state index < -0.39 is 10.0 Å². The third-order valence-electron chi connectivity index (χ3n) is 4.32. The summed E-state index contributed by atoms with van der Waals surface area (Å²) in [5, 5.41) is 7.59. The zero-order valence-electron chi connectivity index (χ0n) is 12.9. The largest absolute Gasteiger partial charge is 0.260 e. The van der Waals surface area contributed by atoms with Gasteiger partial charge in [0.15, 0.2) is 4.60 Å². The fourth-order valence-corrected chi connectivity index (χ4v) is 5.60. The SMILES string of the molecule is CC1CCC(C(C)C)C(NS(=O)(=O)c2c(Br)nnn2C)C1. The van der Waals surface area contributed by atoms with Gasteiger partial charge >= 0.3 is 0 Å². The molecule has 0 bridgehead atoms. The van der Waals surface area contributed by atoms with Crippen molar-refractivity contribution < 1.29 is 8.42 Å². The van der Waals surface area contributed by atoms with Gasteiger partial charge < -0.3 is 0 Å². The molecule has 1 N–H and O–H groups in total. The Bertz CT molecular complexity index is 580. The summed E-state index contributed by atoms with van der Waals surface area (Å²) in [5.74, 6) is 1.37. The third-order valence-corrected chi connectivity index (χ3v) is 6.70. The molecule has 0 aliphatic heterocycles. The maximum atomic E-state index is 12.6. The summed E-state index contributed by atoms with van der Waals surface area (Å²) in [7, 11) is -2.05. The van der Waals surface area contributed by atoms with Crippen molar-refractivity contribution in [2.75, 3.05) is 0 Å². The lowest BCUT2D eigenvalue weighted by molar-refractivity contribution is 0.187. The van der Waals surface area contributed by atoms with E-state index >= 15 is 0 Å². The van der Waals surface area contributed by atoms with Gasteiger partial charge in [0, 0.05) is 13.1 Å². The molecule has 8 heteroatoms. The van der Waals surface area contributed by atoms with Gasteiger partial charge in [0.25, 0.3) is 10.0 Å². The molecule has 1 heterocycles. The van der Waals surface area contributed by atoms with E-state index in [1.807, 2.05) is 0 Å². The number of aryl methyl sites for hydroxylation is 1. The summed E-state index contributed by atoms with van der Waals surface area (Å²) < 4.78 is 29.7. The average Bonchev–Trinajstić information content (AvgIpc) is 2.68. The zero-order valence-corrected chi connectivity index (χ0v) is 15.3. The summed E-state index contributed by atoms with van der Waals surface area (Å²) in [6.07, 6.45) is 3.11. The molecule has 1 fully saturated rings. The molecule has 6 nitrogen and oxygen atoms in total. The molecule has 21 heavy (non-hydrogen) atoms. The number of sulfonamides is 1. The van der Waals surface area contributed by atoms with Crippen molar-refractivity contribution in [1.29, 1.82) is 0 Å². The van der Waals surface area contributed by atoms with E-state index in [1.165, 1.54) is 4.68 Å². The third kappa shape index (κ3) is 3.65. The second-order valence-corrected chi connectivity index (χ2v) is 8.74. The predicted octanol–water partition coefficient (Wildman–Crippen LogP) is 2.32. The van der Waals surface area contributed by atoms with E-state index in [0.717, 1.165) is 19.3 Å². The van der Waals surface area contributed by atoms with Gasteiger partial charge in [0.05, 0.1) is 0 Å². The van der Waals surface area contributed by atoms with Crippen LogP contribution in [0.4, 0.5) is 0 Å². The summed E-state index contributed by atoms with van der Waals surface area (Å²) in [6, 6.07) is -0.0273. The van der Waals surface area contributed by atoms with Gasteiger partial charge in [-0.05, 0) is 46.5 Å². The minimum atomic E-state index is -3.63. The van der Waals surface area contributed by atoms with Gasteiger partial charge in [0.1, 0.15) is 0 Å². The first-order valence-electron chi connectivity index (χ1n) is 7.30. The first-order valence-corrected chi connectivity index (χ1v) is 9.57. The van der Waals surface area contributed by atoms with Gasteiger partial charge in [0.2, 0.25) is 5.03 Å². The number of aromatic nitrogens is 3. The molecular weight excluding hydrogens is 356 g/mol. The molecule has 0 spiro atoms. The lowest BCUT2D eigenvalue weighted by Crippen LogP contribution is -2.45. The fraction of sp³-hybridized carbons (Fsp3) is 0.846. The topological polar surface area (TPSA) is 76.9 Å². The zero-order chi connectivity index (χ0) is 15.8. The molecule has 1 aromatic rings. The highest BCUT2D eigenvalue weighted by Crippen LogP contribution is 2.34. The quantitative estimate of drug-likeness (QED) is 0.871. The minimum Gasteiger partial charge on any atom is -0.235 e. The number of hydrogen-bond acceptors (Lipinski definition) is 4. The van der Waals surface area contributed by atoms with Crippen molar-refractivity contribution in [3.8, 4) is 0 Å². The molecule has 1 aromatic heterocycles. The van der Waals surface area contributed by atoms with Crippen LogP contribution in [0.15, 0.2) is 9.63 Å². The Hall–Kier alpha value is -0.470. The number of nitrogens with one attached hydrogen (secondary N) is 1. The Morgan fingerprint density at radius 1 is 1.38 bits per heavy atom. The molecule has 0 radical (unpaired) electrons. The number of hydrogen-bond donors (Lipinski definition) is 1. The Morgan fingerprint density at radius 3 is 2.57 bits per heavy atom. The molecule has 3 unspecified atom stereocenters. The van der Waals surface area contributed by atoms with Crippen molar-refractivity contribution in [3.63, 3.8) is 0 Å². The molecule has 0 amide bonds. The van der Waals surface area contributed by atoms with Gasteiger partial charge in [-0.1, -0.05) is 32.4 Å². The highest BCUT2D eigenvalue weighted by molar-refractivity contribution is 9.10. The fourth-order valence-electron chi connectivity index (χ4n) is 3.20. The van der Waals surface area contributed by atoms with E-state index in [1.54, 1.807) is 7.05 Å². The van der Waals surface area contributed by atoms with Crippen LogP contribution in [0.1, 0.15) is 40.0 Å². The second kappa shape index (κ2) is 6.34. The van der Waals surface area contributed by atoms with Crippen LogP contribution in [-0.4, -0.2) is 29.5 Å². The molecule has 1 saturated carbocycles. The lowest BCUT2D eigenvalue weighted by atomic mass is 9.74. The molecule has 120 valence electrons. The van der Waals surface area contributed by atoms with Crippen molar-refractivity contribution in [3.05, 3.63) is 4.60 Å². The summed E-state index contributed by atoms with van der Waals surface area (Å²) in [5.41, 5.74) is 0. The molecular formula is C13H23BrN4O2S. The van der Waals surface area contributed by atoms with E-state index in [-0.39, 0.29) is 15.7 Å². The van der Waals surface area contributed by atoms with Crippen molar-refractivity contribution in [2.24, 2.45) is 24.8 Å². The normalized spacial score (nSPS) is 27.2. The summed E-state index contributed by atoms with van der Waals surface area (Å²) >= 11 is 3.16. The van der Waals surface area contributed by atoms with Crippen LogP contribution in [-0.2, 0) is 17.1 Å². The van der Waals surface area contributed by atoms with Crippen LogP contribution in [0.2, 0.25) is 0 Å². The predicted molar refractivity (Wildman–Crippen MR) is 84.2 cm³/mol. The molecule has 1 aliphatic carbocycles. The molecule has 3 atom stereocenters. The molecule has 1 aliphatic rings. The Kier molecular flexibility index (Phi) is 5.10. The van der Waals surface area contributed by atoms with E-state index in [0.29, 0.717) is 17.8 Å². The van der Waals surface area contributed by atoms with E-state index in [9.17, 15) is 8.42 Å². The highest BCUT2D eigenvalue weighted by Gasteiger charge is 2.35. The molecule has 0 saturated heterocycles. The van der Waals surface area contributed by atoms with Crippen molar-refractivity contribution >= 4 is 26.0 Å². The van der Waals surface area contributed by atoms with Crippen LogP contribution < -0.4 is 4.72 Å². The Morgan fingerprint density at radius 2 is 2.05 bits per heavy atom.